The normalized spacial score (nSPS) is 16.3. The Balaban J connectivity index is 2.19. The van der Waals surface area contributed by atoms with E-state index in [-0.39, 0.29) is 6.04 Å². The lowest BCUT2D eigenvalue weighted by molar-refractivity contribution is 0.521. The van der Waals surface area contributed by atoms with Crippen LogP contribution in [0.15, 0.2) is 23.1 Å². The molecule has 106 valence electrons. The van der Waals surface area contributed by atoms with Crippen molar-refractivity contribution in [2.75, 3.05) is 6.54 Å². The summed E-state index contributed by atoms with van der Waals surface area (Å²) in [6, 6.07) is 5.39. The van der Waals surface area contributed by atoms with Crippen LogP contribution in [0.25, 0.3) is 0 Å². The summed E-state index contributed by atoms with van der Waals surface area (Å²) < 4.78 is 27.4. The summed E-state index contributed by atoms with van der Waals surface area (Å²) in [5, 5.41) is 0. The van der Waals surface area contributed by atoms with Gasteiger partial charge in [0.1, 0.15) is 0 Å². The number of hydrogen-bond acceptors (Lipinski definition) is 3. The van der Waals surface area contributed by atoms with Gasteiger partial charge in [-0.1, -0.05) is 13.0 Å². The average Bonchev–Trinajstić information content (AvgIpc) is 2.85. The van der Waals surface area contributed by atoms with Crippen molar-refractivity contribution in [3.63, 3.8) is 0 Å². The second-order valence-electron chi connectivity index (χ2n) is 5.09. The third kappa shape index (κ3) is 3.35. The van der Waals surface area contributed by atoms with E-state index >= 15 is 0 Å². The van der Waals surface area contributed by atoms with Gasteiger partial charge in [0.25, 0.3) is 0 Å². The predicted octanol–water partition coefficient (Wildman–Crippen LogP) is 1.58. The van der Waals surface area contributed by atoms with E-state index < -0.39 is 10.0 Å². The molecule has 0 amide bonds. The summed E-state index contributed by atoms with van der Waals surface area (Å²) in [5.74, 6) is 0. The second-order valence-corrected chi connectivity index (χ2v) is 6.80. The first-order valence-corrected chi connectivity index (χ1v) is 8.39. The lowest BCUT2D eigenvalue weighted by Gasteiger charge is -2.16. The molecule has 1 unspecified atom stereocenters. The number of nitrogens with two attached hydrogens (primary N) is 1. The van der Waals surface area contributed by atoms with Crippen molar-refractivity contribution in [3.8, 4) is 0 Å². The highest BCUT2D eigenvalue weighted by atomic mass is 32.2. The first-order valence-electron chi connectivity index (χ1n) is 6.91. The first kappa shape index (κ1) is 14.5. The van der Waals surface area contributed by atoms with E-state index in [0.717, 1.165) is 25.7 Å². The van der Waals surface area contributed by atoms with Gasteiger partial charge in [-0.05, 0) is 61.9 Å². The number of nitrogens with one attached hydrogen (secondary N) is 1. The maximum Gasteiger partial charge on any atom is 0.240 e. The molecule has 0 bridgehead atoms. The summed E-state index contributed by atoms with van der Waals surface area (Å²) in [7, 11) is -3.42. The smallest absolute Gasteiger partial charge is 0.240 e. The monoisotopic (exact) mass is 282 g/mol. The van der Waals surface area contributed by atoms with Crippen LogP contribution in [0.1, 0.15) is 37.3 Å². The van der Waals surface area contributed by atoms with Gasteiger partial charge in [-0.25, -0.2) is 13.1 Å². The lowest BCUT2D eigenvalue weighted by Crippen LogP contribution is -2.35. The highest BCUT2D eigenvalue weighted by Crippen LogP contribution is 2.24. The number of hydrogen-bond donors (Lipinski definition) is 2. The Kier molecular flexibility index (Phi) is 4.60. The van der Waals surface area contributed by atoms with Crippen LogP contribution in [0.3, 0.4) is 0 Å². The summed E-state index contributed by atoms with van der Waals surface area (Å²) >= 11 is 0. The van der Waals surface area contributed by atoms with Crippen molar-refractivity contribution in [2.45, 2.75) is 50.0 Å². The van der Waals surface area contributed by atoms with Crippen molar-refractivity contribution in [1.29, 1.82) is 0 Å². The molecular weight excluding hydrogens is 260 g/mol. The maximum atomic E-state index is 12.3. The third-order valence-corrected chi connectivity index (χ3v) is 5.23. The molecule has 0 saturated heterocycles. The van der Waals surface area contributed by atoms with Crippen LogP contribution in [-0.4, -0.2) is 21.0 Å². The minimum atomic E-state index is -3.42. The summed E-state index contributed by atoms with van der Waals surface area (Å²) in [6.07, 6.45) is 4.59. The van der Waals surface area contributed by atoms with Crippen molar-refractivity contribution in [2.24, 2.45) is 5.73 Å². The highest BCUT2D eigenvalue weighted by Gasteiger charge is 2.21. The molecule has 0 heterocycles. The van der Waals surface area contributed by atoms with Crippen LogP contribution in [-0.2, 0) is 22.9 Å². The minimum Gasteiger partial charge on any atom is -0.330 e. The molecule has 3 N–H and O–H groups in total. The van der Waals surface area contributed by atoms with Crippen molar-refractivity contribution >= 4 is 10.0 Å². The van der Waals surface area contributed by atoms with E-state index in [1.54, 1.807) is 6.07 Å². The molecular formula is C14H22N2O2S. The van der Waals surface area contributed by atoms with E-state index in [2.05, 4.69) is 4.72 Å². The van der Waals surface area contributed by atoms with Crippen LogP contribution in [0, 0.1) is 0 Å². The molecule has 4 nitrogen and oxygen atoms in total. The molecule has 2 rings (SSSR count). The lowest BCUT2D eigenvalue weighted by atomic mass is 10.1. The highest BCUT2D eigenvalue weighted by molar-refractivity contribution is 7.89. The zero-order valence-electron chi connectivity index (χ0n) is 11.4. The molecule has 0 aromatic heterocycles. The zero-order valence-corrected chi connectivity index (χ0v) is 12.2. The number of aryl methyl sites for hydroxylation is 2. The number of benzene rings is 1. The van der Waals surface area contributed by atoms with Crippen LogP contribution in [0.2, 0.25) is 0 Å². The Morgan fingerprint density at radius 3 is 2.74 bits per heavy atom. The van der Waals surface area contributed by atoms with E-state index in [0.29, 0.717) is 17.9 Å². The number of fused-ring (bicyclic) bond motifs is 1. The van der Waals surface area contributed by atoms with E-state index in [1.807, 2.05) is 19.1 Å². The topological polar surface area (TPSA) is 72.2 Å². The van der Waals surface area contributed by atoms with Gasteiger partial charge in [-0.3, -0.25) is 0 Å². The Morgan fingerprint density at radius 1 is 1.32 bits per heavy atom. The fourth-order valence-electron chi connectivity index (χ4n) is 2.55. The average molecular weight is 282 g/mol. The molecule has 0 aliphatic heterocycles. The van der Waals surface area contributed by atoms with Gasteiger partial charge in [0.2, 0.25) is 10.0 Å². The summed E-state index contributed by atoms with van der Waals surface area (Å²) in [5.41, 5.74) is 7.96. The van der Waals surface area contributed by atoms with Crippen LogP contribution in [0.5, 0.6) is 0 Å². The molecule has 5 heteroatoms. The molecule has 0 fully saturated rings. The molecule has 0 saturated carbocycles. The van der Waals surface area contributed by atoms with Gasteiger partial charge in [-0.15, -0.1) is 0 Å². The van der Waals surface area contributed by atoms with Gasteiger partial charge < -0.3 is 5.73 Å². The summed E-state index contributed by atoms with van der Waals surface area (Å²) in [4.78, 5) is 0.378. The largest absolute Gasteiger partial charge is 0.330 e. The summed E-state index contributed by atoms with van der Waals surface area (Å²) in [6.45, 7) is 2.46. The van der Waals surface area contributed by atoms with Gasteiger partial charge in [0.15, 0.2) is 0 Å². The first-order chi connectivity index (χ1) is 9.06. The van der Waals surface area contributed by atoms with E-state index in [1.165, 1.54) is 11.1 Å². The fourth-order valence-corrected chi connectivity index (χ4v) is 3.95. The predicted molar refractivity (Wildman–Crippen MR) is 76.5 cm³/mol. The van der Waals surface area contributed by atoms with E-state index in [4.69, 9.17) is 5.73 Å². The quantitative estimate of drug-likeness (QED) is 0.832. The van der Waals surface area contributed by atoms with Crippen molar-refractivity contribution in [1.82, 2.24) is 4.72 Å². The van der Waals surface area contributed by atoms with Gasteiger partial charge in [0, 0.05) is 6.04 Å². The van der Waals surface area contributed by atoms with Gasteiger partial charge >= 0.3 is 0 Å². The molecule has 1 atom stereocenters. The number of rotatable bonds is 6. The standard InChI is InChI=1S/C14H22N2O2S/c1-2-13(8-9-15)16-19(17,18)14-7-6-11-4-3-5-12(11)10-14/h6-7,10,13,16H,2-5,8-9,15H2,1H3. The second kappa shape index (κ2) is 6.03. The molecule has 0 radical (unpaired) electrons. The maximum absolute atomic E-state index is 12.3. The molecule has 0 spiro atoms. The Bertz CT molecular complexity index is 540. The Hall–Kier alpha value is -0.910. The zero-order chi connectivity index (χ0) is 13.9. The minimum absolute atomic E-state index is 0.0803. The Morgan fingerprint density at radius 2 is 2.05 bits per heavy atom. The van der Waals surface area contributed by atoms with Crippen LogP contribution in [0.4, 0.5) is 0 Å². The fraction of sp³-hybridized carbons (Fsp3) is 0.571. The molecule has 1 aromatic carbocycles. The van der Waals surface area contributed by atoms with Crippen molar-refractivity contribution in [3.05, 3.63) is 29.3 Å². The molecule has 1 aromatic rings. The molecule has 1 aliphatic carbocycles. The van der Waals surface area contributed by atoms with Crippen LogP contribution >= 0.6 is 0 Å². The molecule has 19 heavy (non-hydrogen) atoms. The SMILES string of the molecule is CCC(CCN)NS(=O)(=O)c1ccc2c(c1)CCC2. The van der Waals surface area contributed by atoms with Gasteiger partial charge in [-0.2, -0.15) is 0 Å². The third-order valence-electron chi connectivity index (χ3n) is 3.71. The Labute approximate surface area is 115 Å². The van der Waals surface area contributed by atoms with Gasteiger partial charge in [0.05, 0.1) is 4.90 Å². The molecule has 1 aliphatic rings. The van der Waals surface area contributed by atoms with Crippen LogP contribution < -0.4 is 10.5 Å². The number of sulfonamides is 1. The van der Waals surface area contributed by atoms with Crippen molar-refractivity contribution < 1.29 is 8.42 Å². The van der Waals surface area contributed by atoms with E-state index in [9.17, 15) is 8.42 Å².